The molecule has 0 bridgehead atoms. The number of nitrogens with zero attached hydrogens (tertiary/aromatic N) is 5. The fraction of sp³-hybridized carbons (Fsp3) is 0.333. The molecule has 39 heavy (non-hydrogen) atoms. The van der Waals surface area contributed by atoms with Crippen LogP contribution in [0.25, 0.3) is 16.6 Å². The third kappa shape index (κ3) is 5.02. The molecule has 1 amide bonds. The van der Waals surface area contributed by atoms with Gasteiger partial charge in [-0.1, -0.05) is 35.6 Å². The van der Waals surface area contributed by atoms with Crippen molar-refractivity contribution < 1.29 is 13.6 Å². The summed E-state index contributed by atoms with van der Waals surface area (Å²) in [4.78, 5) is 27.9. The molecule has 0 unspecified atom stereocenters. The number of para-hydroxylation sites is 1. The SMILES string of the molecule is C[C@H]1CN(c2c(NC(=O)c3ccc(=O)n(-c4c(F)cccc4F)n3)ccc3nn(C(C)(C)CI)cc23)C[C@@H]1N. The lowest BCUT2D eigenvalue weighted by Crippen LogP contribution is -2.29. The highest BCUT2D eigenvalue weighted by Crippen LogP contribution is 2.38. The number of benzene rings is 2. The lowest BCUT2D eigenvalue weighted by molar-refractivity contribution is 0.102. The van der Waals surface area contributed by atoms with Gasteiger partial charge < -0.3 is 16.0 Å². The Morgan fingerprint density at radius 1 is 1.10 bits per heavy atom. The molecule has 1 saturated heterocycles. The maximum absolute atomic E-state index is 14.4. The number of carbonyl (C=O) groups is 1. The van der Waals surface area contributed by atoms with Gasteiger partial charge in [0.15, 0.2) is 11.6 Å². The summed E-state index contributed by atoms with van der Waals surface area (Å²) in [7, 11) is 0. The van der Waals surface area contributed by atoms with Crippen LogP contribution in [0.3, 0.4) is 0 Å². The van der Waals surface area contributed by atoms with Gasteiger partial charge in [0.1, 0.15) is 11.4 Å². The quantitative estimate of drug-likeness (QED) is 0.241. The maximum atomic E-state index is 14.4. The number of rotatable bonds is 6. The van der Waals surface area contributed by atoms with Crippen LogP contribution in [-0.4, -0.2) is 49.0 Å². The molecule has 1 aliphatic rings. The third-order valence-electron chi connectivity index (χ3n) is 7.03. The second-order valence-electron chi connectivity index (χ2n) is 10.5. The Balaban J connectivity index is 1.57. The first-order valence-electron chi connectivity index (χ1n) is 12.5. The maximum Gasteiger partial charge on any atom is 0.276 e. The van der Waals surface area contributed by atoms with E-state index in [1.807, 2.05) is 16.9 Å². The largest absolute Gasteiger partial charge is 0.367 e. The van der Waals surface area contributed by atoms with Crippen LogP contribution in [0, 0.1) is 17.6 Å². The molecule has 0 radical (unpaired) electrons. The summed E-state index contributed by atoms with van der Waals surface area (Å²) in [5.74, 6) is -2.34. The normalized spacial score (nSPS) is 17.7. The number of amides is 1. The first-order valence-corrected chi connectivity index (χ1v) is 14.0. The Hall–Kier alpha value is -3.39. The molecule has 2 aromatic carbocycles. The zero-order chi connectivity index (χ0) is 28.1. The van der Waals surface area contributed by atoms with Gasteiger partial charge in [-0.05, 0) is 50.1 Å². The number of nitrogens with two attached hydrogens (primary N) is 1. The number of hydrogen-bond acceptors (Lipinski definition) is 6. The van der Waals surface area contributed by atoms with Crippen molar-refractivity contribution in [2.45, 2.75) is 32.4 Å². The number of carbonyl (C=O) groups excluding carboxylic acids is 1. The van der Waals surface area contributed by atoms with Crippen LogP contribution in [0.5, 0.6) is 0 Å². The van der Waals surface area contributed by atoms with E-state index >= 15 is 0 Å². The van der Waals surface area contributed by atoms with Crippen LogP contribution >= 0.6 is 22.6 Å². The number of anilines is 2. The Morgan fingerprint density at radius 3 is 2.46 bits per heavy atom. The second-order valence-corrected chi connectivity index (χ2v) is 11.2. The van der Waals surface area contributed by atoms with Crippen molar-refractivity contribution in [3.8, 4) is 5.69 Å². The van der Waals surface area contributed by atoms with E-state index in [0.29, 0.717) is 23.5 Å². The van der Waals surface area contributed by atoms with Gasteiger partial charge in [-0.2, -0.15) is 14.9 Å². The van der Waals surface area contributed by atoms with Crippen molar-refractivity contribution in [3.63, 3.8) is 0 Å². The van der Waals surface area contributed by atoms with Crippen LogP contribution in [-0.2, 0) is 5.54 Å². The Labute approximate surface area is 237 Å². The zero-order valence-electron chi connectivity index (χ0n) is 21.7. The summed E-state index contributed by atoms with van der Waals surface area (Å²) < 4.78 is 32.1. The van der Waals surface area contributed by atoms with Crippen molar-refractivity contribution in [1.82, 2.24) is 19.6 Å². The third-order valence-corrected chi connectivity index (χ3v) is 8.89. The molecule has 2 aromatic heterocycles. The molecule has 9 nitrogen and oxygen atoms in total. The van der Waals surface area contributed by atoms with Gasteiger partial charge in [0.05, 0.1) is 22.4 Å². The van der Waals surface area contributed by atoms with E-state index in [2.05, 4.69) is 58.7 Å². The van der Waals surface area contributed by atoms with E-state index in [0.717, 1.165) is 39.2 Å². The predicted molar refractivity (Wildman–Crippen MR) is 155 cm³/mol. The Bertz CT molecular complexity index is 1600. The zero-order valence-corrected chi connectivity index (χ0v) is 23.8. The highest BCUT2D eigenvalue weighted by Gasteiger charge is 2.31. The average Bonchev–Trinajstić information content (AvgIpc) is 3.48. The number of alkyl halides is 1. The fourth-order valence-corrected chi connectivity index (χ4v) is 4.99. The number of aromatic nitrogens is 4. The van der Waals surface area contributed by atoms with Gasteiger partial charge in [0.25, 0.3) is 11.5 Å². The van der Waals surface area contributed by atoms with E-state index in [1.54, 1.807) is 6.07 Å². The van der Waals surface area contributed by atoms with Crippen LogP contribution in [0.15, 0.2) is 53.5 Å². The molecular formula is C27H28F2IN7O2. The summed E-state index contributed by atoms with van der Waals surface area (Å²) in [6.07, 6.45) is 1.98. The van der Waals surface area contributed by atoms with Gasteiger partial charge in [0, 0.05) is 41.2 Å². The predicted octanol–water partition coefficient (Wildman–Crippen LogP) is 4.07. The van der Waals surface area contributed by atoms with Crippen molar-refractivity contribution in [1.29, 1.82) is 0 Å². The fourth-order valence-electron chi connectivity index (χ4n) is 4.64. The lowest BCUT2D eigenvalue weighted by Gasteiger charge is -2.23. The first kappa shape index (κ1) is 27.2. The molecule has 4 aromatic rings. The molecule has 0 aliphatic carbocycles. The summed E-state index contributed by atoms with van der Waals surface area (Å²) in [5, 5.41) is 12.5. The number of hydrogen-bond donors (Lipinski definition) is 2. The number of fused-ring (bicyclic) bond motifs is 1. The molecule has 0 spiro atoms. The van der Waals surface area contributed by atoms with Gasteiger partial charge in [0.2, 0.25) is 0 Å². The van der Waals surface area contributed by atoms with E-state index in [1.165, 1.54) is 12.1 Å². The van der Waals surface area contributed by atoms with Gasteiger partial charge in [-0.25, -0.2) is 8.78 Å². The van der Waals surface area contributed by atoms with Crippen LogP contribution < -0.4 is 21.5 Å². The van der Waals surface area contributed by atoms with Crippen LogP contribution in [0.2, 0.25) is 0 Å². The van der Waals surface area contributed by atoms with Crippen molar-refractivity contribution in [3.05, 3.63) is 76.3 Å². The summed E-state index contributed by atoms with van der Waals surface area (Å²) in [6, 6.07) is 9.05. The highest BCUT2D eigenvalue weighted by molar-refractivity contribution is 14.1. The molecule has 12 heteroatoms. The van der Waals surface area contributed by atoms with Crippen molar-refractivity contribution in [2.75, 3.05) is 27.7 Å². The van der Waals surface area contributed by atoms with E-state index < -0.39 is 28.8 Å². The summed E-state index contributed by atoms with van der Waals surface area (Å²) >= 11 is 2.33. The first-order chi connectivity index (χ1) is 18.5. The molecular weight excluding hydrogens is 619 g/mol. The Kier molecular flexibility index (Phi) is 7.18. The van der Waals surface area contributed by atoms with Crippen LogP contribution in [0.4, 0.5) is 20.2 Å². The van der Waals surface area contributed by atoms with E-state index in [4.69, 9.17) is 10.8 Å². The average molecular weight is 647 g/mol. The highest BCUT2D eigenvalue weighted by atomic mass is 127. The molecule has 0 saturated carbocycles. The monoisotopic (exact) mass is 647 g/mol. The molecule has 204 valence electrons. The van der Waals surface area contributed by atoms with Gasteiger partial charge in [-0.3, -0.25) is 14.3 Å². The second kappa shape index (κ2) is 10.3. The number of nitrogens with one attached hydrogen (secondary N) is 1. The molecule has 1 aliphatic heterocycles. The minimum atomic E-state index is -0.971. The molecule has 1 fully saturated rings. The summed E-state index contributed by atoms with van der Waals surface area (Å²) in [6.45, 7) is 7.57. The van der Waals surface area contributed by atoms with E-state index in [-0.39, 0.29) is 23.2 Å². The number of halogens is 3. The topological polar surface area (TPSA) is 111 Å². The van der Waals surface area contributed by atoms with Gasteiger partial charge in [-0.15, -0.1) is 0 Å². The van der Waals surface area contributed by atoms with Crippen molar-refractivity contribution in [2.24, 2.45) is 11.7 Å². The molecule has 3 N–H and O–H groups in total. The van der Waals surface area contributed by atoms with E-state index in [9.17, 15) is 18.4 Å². The van der Waals surface area contributed by atoms with Crippen LogP contribution in [0.1, 0.15) is 31.3 Å². The smallest absolute Gasteiger partial charge is 0.276 e. The standard InChI is InChI=1S/C27H28F2IN7O2/c1-15-11-35(13-19(15)31)24-16-12-36(27(2,3)14-30)33-20(16)7-8-21(24)32-26(39)22-9-10-23(38)37(34-22)25-17(28)5-4-6-18(25)29/h4-10,12,15,19H,11,13-14,31H2,1-3H3,(H,32,39)/t15-,19-/m0/s1. The van der Waals surface area contributed by atoms with Gasteiger partial charge >= 0.3 is 0 Å². The molecule has 5 rings (SSSR count). The minimum absolute atomic E-state index is 0.0365. The lowest BCUT2D eigenvalue weighted by atomic mass is 10.1. The molecule has 2 atom stereocenters. The minimum Gasteiger partial charge on any atom is -0.367 e. The molecule has 3 heterocycles. The van der Waals surface area contributed by atoms with Crippen molar-refractivity contribution >= 4 is 50.8 Å². The summed E-state index contributed by atoms with van der Waals surface area (Å²) in [5.41, 5.74) is 6.58. The Morgan fingerprint density at radius 2 is 1.82 bits per heavy atom.